The lowest BCUT2D eigenvalue weighted by molar-refractivity contribution is 0.416. The fraction of sp³-hybridized carbons (Fsp3) is 0.167. The summed E-state index contributed by atoms with van der Waals surface area (Å²) in [5.74, 6) is 1.60. The molecule has 3 heterocycles. The first-order chi connectivity index (χ1) is 13.1. The number of aromatic nitrogens is 5. The maximum absolute atomic E-state index is 5.92. The number of furan rings is 1. The van der Waals surface area contributed by atoms with Crippen LogP contribution in [0.1, 0.15) is 13.8 Å². The van der Waals surface area contributed by atoms with Gasteiger partial charge in [0.25, 0.3) is 5.89 Å². The number of hydrogen-bond acceptors (Lipinski definition) is 9. The minimum atomic E-state index is 0.0703. The lowest BCUT2D eigenvalue weighted by atomic mass is 10.2. The van der Waals surface area contributed by atoms with Crippen LogP contribution in [0.4, 0.5) is 17.6 Å². The number of nitrogen functional groups attached to an aromatic ring is 1. The molecule has 0 aliphatic carbocycles. The summed E-state index contributed by atoms with van der Waals surface area (Å²) in [5.41, 5.74) is 6.86. The Morgan fingerprint density at radius 2 is 1.74 bits per heavy atom. The van der Waals surface area contributed by atoms with Crippen molar-refractivity contribution in [1.82, 2.24) is 25.1 Å². The van der Waals surface area contributed by atoms with Crippen LogP contribution in [0.5, 0.6) is 0 Å². The molecule has 0 spiro atoms. The predicted molar refractivity (Wildman–Crippen MR) is 99.0 cm³/mol. The van der Waals surface area contributed by atoms with Gasteiger partial charge in [-0.1, -0.05) is 23.4 Å². The van der Waals surface area contributed by atoms with Crippen LogP contribution in [0.15, 0.2) is 57.7 Å². The van der Waals surface area contributed by atoms with Crippen molar-refractivity contribution in [3.8, 4) is 23.3 Å². The second kappa shape index (κ2) is 6.87. The number of nitrogens with zero attached hydrogens (tertiary/aromatic N) is 6. The van der Waals surface area contributed by atoms with Gasteiger partial charge in [0, 0.05) is 11.7 Å². The summed E-state index contributed by atoms with van der Waals surface area (Å²) in [6.45, 7) is 4.08. The summed E-state index contributed by atoms with van der Waals surface area (Å²) < 4.78 is 10.5. The predicted octanol–water partition coefficient (Wildman–Crippen LogP) is 3.31. The van der Waals surface area contributed by atoms with Crippen LogP contribution in [0.25, 0.3) is 23.3 Å². The van der Waals surface area contributed by atoms with E-state index in [9.17, 15) is 0 Å². The van der Waals surface area contributed by atoms with Crippen LogP contribution < -0.4 is 10.6 Å². The molecule has 3 aromatic heterocycles. The van der Waals surface area contributed by atoms with Gasteiger partial charge in [0.1, 0.15) is 0 Å². The molecule has 27 heavy (non-hydrogen) atoms. The molecule has 0 amide bonds. The molecule has 1 aromatic carbocycles. The van der Waals surface area contributed by atoms with Crippen molar-refractivity contribution in [2.24, 2.45) is 0 Å². The van der Waals surface area contributed by atoms with Crippen LogP contribution >= 0.6 is 0 Å². The normalized spacial score (nSPS) is 11.1. The first-order valence-corrected chi connectivity index (χ1v) is 8.35. The van der Waals surface area contributed by atoms with Gasteiger partial charge in [-0.25, -0.2) is 0 Å². The Morgan fingerprint density at radius 1 is 0.926 bits per heavy atom. The van der Waals surface area contributed by atoms with Crippen molar-refractivity contribution in [3.63, 3.8) is 0 Å². The Kier molecular flexibility index (Phi) is 4.25. The molecule has 136 valence electrons. The number of benzene rings is 1. The molecule has 0 aliphatic heterocycles. The third-order valence-electron chi connectivity index (χ3n) is 3.77. The molecule has 9 heteroatoms. The molecule has 0 saturated carbocycles. The zero-order valence-corrected chi connectivity index (χ0v) is 14.8. The number of hydrogen-bond donors (Lipinski definition) is 1. The van der Waals surface area contributed by atoms with E-state index in [4.69, 9.17) is 14.7 Å². The first-order valence-electron chi connectivity index (χ1n) is 8.35. The Hall–Kier alpha value is -3.75. The largest absolute Gasteiger partial charge is 0.459 e. The zero-order valence-electron chi connectivity index (χ0n) is 14.8. The van der Waals surface area contributed by atoms with Crippen molar-refractivity contribution in [3.05, 3.63) is 48.7 Å². The number of nitrogens with two attached hydrogens (primary N) is 1. The lowest BCUT2D eigenvalue weighted by Gasteiger charge is -2.26. The molecule has 0 aliphatic rings. The van der Waals surface area contributed by atoms with E-state index in [0.29, 0.717) is 11.7 Å². The van der Waals surface area contributed by atoms with E-state index in [1.807, 2.05) is 49.1 Å². The average molecular weight is 363 g/mol. The third-order valence-corrected chi connectivity index (χ3v) is 3.77. The zero-order chi connectivity index (χ0) is 18.8. The maximum Gasteiger partial charge on any atom is 0.294 e. The second-order valence-corrected chi connectivity index (χ2v) is 6.02. The molecule has 2 N–H and O–H groups in total. The molecule has 0 unspecified atom stereocenters. The van der Waals surface area contributed by atoms with Crippen LogP contribution in [0, 0.1) is 0 Å². The van der Waals surface area contributed by atoms with E-state index >= 15 is 0 Å². The van der Waals surface area contributed by atoms with E-state index in [2.05, 4.69) is 25.1 Å². The monoisotopic (exact) mass is 363 g/mol. The van der Waals surface area contributed by atoms with E-state index in [1.165, 1.54) is 6.26 Å². The SMILES string of the molecule is CC(C)N(c1ccccc1)c1nc(N)nc(-c2noc(-c3ccco3)n2)n1. The molecular weight excluding hydrogens is 346 g/mol. The van der Waals surface area contributed by atoms with Gasteiger partial charge in [-0.3, -0.25) is 0 Å². The number of anilines is 3. The van der Waals surface area contributed by atoms with Gasteiger partial charge in [-0.05, 0) is 38.1 Å². The summed E-state index contributed by atoms with van der Waals surface area (Å²) in [6.07, 6.45) is 1.53. The van der Waals surface area contributed by atoms with E-state index < -0.39 is 0 Å². The molecule has 0 radical (unpaired) electrons. The lowest BCUT2D eigenvalue weighted by Crippen LogP contribution is -2.28. The fourth-order valence-corrected chi connectivity index (χ4v) is 2.64. The Bertz CT molecular complexity index is 1030. The smallest absolute Gasteiger partial charge is 0.294 e. The molecule has 0 saturated heterocycles. The van der Waals surface area contributed by atoms with Crippen molar-refractivity contribution < 1.29 is 8.94 Å². The molecule has 0 bridgehead atoms. The first kappa shape index (κ1) is 16.7. The Labute approximate surface area is 154 Å². The minimum absolute atomic E-state index is 0.0703. The van der Waals surface area contributed by atoms with Gasteiger partial charge in [-0.15, -0.1) is 0 Å². The van der Waals surface area contributed by atoms with Gasteiger partial charge in [-0.2, -0.15) is 19.9 Å². The van der Waals surface area contributed by atoms with Gasteiger partial charge in [0.2, 0.25) is 23.5 Å². The van der Waals surface area contributed by atoms with E-state index in [0.717, 1.165) is 5.69 Å². The van der Waals surface area contributed by atoms with Crippen molar-refractivity contribution in [2.75, 3.05) is 10.6 Å². The van der Waals surface area contributed by atoms with Crippen LogP contribution in [-0.2, 0) is 0 Å². The highest BCUT2D eigenvalue weighted by Crippen LogP contribution is 2.27. The highest BCUT2D eigenvalue weighted by Gasteiger charge is 2.21. The van der Waals surface area contributed by atoms with Crippen LogP contribution in [0.3, 0.4) is 0 Å². The highest BCUT2D eigenvalue weighted by molar-refractivity contribution is 5.61. The highest BCUT2D eigenvalue weighted by atomic mass is 16.5. The van der Waals surface area contributed by atoms with Crippen LogP contribution in [-0.4, -0.2) is 31.1 Å². The summed E-state index contributed by atoms with van der Waals surface area (Å²) in [7, 11) is 0. The van der Waals surface area contributed by atoms with Gasteiger partial charge in [0.15, 0.2) is 5.76 Å². The van der Waals surface area contributed by atoms with E-state index in [1.54, 1.807) is 12.1 Å². The van der Waals surface area contributed by atoms with E-state index in [-0.39, 0.29) is 29.5 Å². The summed E-state index contributed by atoms with van der Waals surface area (Å²) >= 11 is 0. The maximum atomic E-state index is 5.92. The average Bonchev–Trinajstić information content (AvgIpc) is 3.34. The van der Waals surface area contributed by atoms with Gasteiger partial charge < -0.3 is 19.6 Å². The molecule has 0 fully saturated rings. The van der Waals surface area contributed by atoms with Crippen molar-refractivity contribution >= 4 is 17.6 Å². The van der Waals surface area contributed by atoms with Crippen LogP contribution in [0.2, 0.25) is 0 Å². The minimum Gasteiger partial charge on any atom is -0.459 e. The molecule has 9 nitrogen and oxygen atoms in total. The number of para-hydroxylation sites is 1. The standard InChI is InChI=1S/C18H17N7O2/c1-11(2)25(12-7-4-3-5-8-12)18-22-14(21-17(19)23-18)15-20-16(27-24-15)13-9-6-10-26-13/h3-11H,1-2H3,(H2,19,21,22,23). The quantitative estimate of drug-likeness (QED) is 0.569. The second-order valence-electron chi connectivity index (χ2n) is 6.02. The molecule has 4 rings (SSSR count). The summed E-state index contributed by atoms with van der Waals surface area (Å²) in [5, 5.41) is 3.93. The van der Waals surface area contributed by atoms with Gasteiger partial charge in [0.05, 0.1) is 6.26 Å². The Morgan fingerprint density at radius 3 is 2.44 bits per heavy atom. The molecule has 0 atom stereocenters. The molecular formula is C18H17N7O2. The number of rotatable bonds is 5. The topological polar surface area (TPSA) is 120 Å². The van der Waals surface area contributed by atoms with Crippen molar-refractivity contribution in [2.45, 2.75) is 19.9 Å². The van der Waals surface area contributed by atoms with Gasteiger partial charge >= 0.3 is 0 Å². The third kappa shape index (κ3) is 3.34. The fourth-order valence-electron chi connectivity index (χ4n) is 2.64. The summed E-state index contributed by atoms with van der Waals surface area (Å²) in [6, 6.07) is 13.3. The Balaban J connectivity index is 1.75. The van der Waals surface area contributed by atoms with Crippen molar-refractivity contribution in [1.29, 1.82) is 0 Å². The summed E-state index contributed by atoms with van der Waals surface area (Å²) in [4.78, 5) is 19.2. The molecule has 4 aromatic rings.